The third-order valence-electron chi connectivity index (χ3n) is 3.30. The maximum absolute atomic E-state index is 12.0. The third-order valence-corrected chi connectivity index (χ3v) is 3.30. The van der Waals surface area contributed by atoms with E-state index in [9.17, 15) is 19.2 Å². The highest BCUT2D eigenvalue weighted by Gasteiger charge is 2.20. The summed E-state index contributed by atoms with van der Waals surface area (Å²) in [5, 5.41) is 5.17. The Morgan fingerprint density at radius 2 is 1.93 bits per heavy atom. The molecule has 1 aliphatic heterocycles. The Balaban J connectivity index is 2.64. The van der Waals surface area contributed by atoms with E-state index in [-0.39, 0.29) is 37.9 Å². The molecule has 146 valence electrons. The zero-order chi connectivity index (χ0) is 19.9. The van der Waals surface area contributed by atoms with Gasteiger partial charge in [-0.2, -0.15) is 0 Å². The predicted octanol–water partition coefficient (Wildman–Crippen LogP) is -0.831. The lowest BCUT2D eigenvalue weighted by molar-refractivity contribution is -0.146. The lowest BCUT2D eigenvalue weighted by Crippen LogP contribution is -2.41. The first-order valence-electron chi connectivity index (χ1n) is 8.56. The number of rotatable bonds is 1. The molecule has 0 radical (unpaired) electrons. The van der Waals surface area contributed by atoms with E-state index in [1.807, 2.05) is 0 Å². The lowest BCUT2D eigenvalue weighted by atomic mass is 10.1. The van der Waals surface area contributed by atoms with Crippen LogP contribution in [0.4, 0.5) is 0 Å². The minimum atomic E-state index is -0.768. The average Bonchev–Trinajstić information content (AvgIpc) is 2.61. The molecule has 1 unspecified atom stereocenters. The molecule has 27 heavy (non-hydrogen) atoms. The van der Waals surface area contributed by atoms with Crippen LogP contribution in [0, 0.1) is 23.7 Å². The van der Waals surface area contributed by atoms with Crippen molar-refractivity contribution >= 4 is 23.7 Å². The van der Waals surface area contributed by atoms with Gasteiger partial charge in [0, 0.05) is 26.3 Å². The number of hydrogen-bond donors (Lipinski definition) is 3. The monoisotopic (exact) mass is 377 g/mol. The topological polar surface area (TPSA) is 123 Å². The largest absolute Gasteiger partial charge is 0.451 e. The second kappa shape index (κ2) is 13.2. The van der Waals surface area contributed by atoms with E-state index in [0.717, 1.165) is 0 Å². The summed E-state index contributed by atoms with van der Waals surface area (Å²) in [6.45, 7) is 1.25. The van der Waals surface area contributed by atoms with Crippen LogP contribution in [0.2, 0.25) is 0 Å². The number of ether oxygens (including phenoxy) is 1. The number of esters is 1. The summed E-state index contributed by atoms with van der Waals surface area (Å²) >= 11 is 0. The molecule has 0 fully saturated rings. The second-order valence-electron chi connectivity index (χ2n) is 5.62. The van der Waals surface area contributed by atoms with Gasteiger partial charge in [0.2, 0.25) is 17.7 Å². The van der Waals surface area contributed by atoms with E-state index in [0.29, 0.717) is 25.8 Å². The molecular formula is C18H23N3O6. The summed E-state index contributed by atoms with van der Waals surface area (Å²) in [4.78, 5) is 51.1. The number of amides is 3. The van der Waals surface area contributed by atoms with Crippen LogP contribution in [0.1, 0.15) is 39.0 Å². The summed E-state index contributed by atoms with van der Waals surface area (Å²) in [5.41, 5.74) is 2.16. The summed E-state index contributed by atoms with van der Waals surface area (Å²) in [5.74, 6) is 8.62. The van der Waals surface area contributed by atoms with Gasteiger partial charge in [0.1, 0.15) is 6.04 Å². The molecule has 0 aliphatic carbocycles. The Labute approximate surface area is 157 Å². The number of carbonyl (C=O) groups is 4. The van der Waals surface area contributed by atoms with Crippen LogP contribution < -0.4 is 16.1 Å². The smallest absolute Gasteiger partial charge is 0.329 e. The van der Waals surface area contributed by atoms with E-state index in [4.69, 9.17) is 9.57 Å². The molecule has 0 aromatic heterocycles. The fraction of sp³-hybridized carbons (Fsp3) is 0.556. The molecule has 0 saturated carbocycles. The van der Waals surface area contributed by atoms with Crippen molar-refractivity contribution < 1.29 is 28.8 Å². The van der Waals surface area contributed by atoms with Gasteiger partial charge in [-0.3, -0.25) is 19.2 Å². The Hall–Kier alpha value is -3.04. The molecule has 9 nitrogen and oxygen atoms in total. The molecule has 1 aliphatic rings. The van der Waals surface area contributed by atoms with Gasteiger partial charge in [0.05, 0.1) is 0 Å². The average molecular weight is 377 g/mol. The lowest BCUT2D eigenvalue weighted by Gasteiger charge is -2.16. The highest BCUT2D eigenvalue weighted by Crippen LogP contribution is 2.03. The van der Waals surface area contributed by atoms with Crippen molar-refractivity contribution in [3.8, 4) is 23.7 Å². The standard InChI is InChI=1S/C18H23N3O6/c1-14(22)20-15-9-6-7-11-19-17(24)13-27-21-16(23)10-5-3-2-4-8-12-26-18(15)25/h15H,5-7,9-13H2,1H3,(H,19,24)(H,20,22)(H,21,23). The summed E-state index contributed by atoms with van der Waals surface area (Å²) < 4.78 is 5.03. The number of carbonyl (C=O) groups excluding carboxylic acids is 4. The number of cyclic esters (lactones) is 1. The minimum Gasteiger partial charge on any atom is -0.451 e. The van der Waals surface area contributed by atoms with Crippen LogP contribution in [0.5, 0.6) is 0 Å². The van der Waals surface area contributed by atoms with E-state index >= 15 is 0 Å². The molecule has 0 saturated heterocycles. The SMILES string of the molecule is CC(=O)NC1CCCCNC(=O)CONC(=O)CCC#CC#CCOC1=O. The molecule has 0 aromatic carbocycles. The zero-order valence-electron chi connectivity index (χ0n) is 15.2. The number of hydrogen-bond acceptors (Lipinski definition) is 6. The van der Waals surface area contributed by atoms with Crippen LogP contribution in [-0.4, -0.2) is 49.5 Å². The van der Waals surface area contributed by atoms with Crippen LogP contribution in [-0.2, 0) is 28.8 Å². The van der Waals surface area contributed by atoms with Crippen LogP contribution >= 0.6 is 0 Å². The van der Waals surface area contributed by atoms with E-state index in [1.165, 1.54) is 6.92 Å². The summed E-state index contributed by atoms with van der Waals surface area (Å²) in [7, 11) is 0. The summed E-state index contributed by atoms with van der Waals surface area (Å²) in [6, 6.07) is -0.768. The third kappa shape index (κ3) is 11.2. The Bertz CT molecular complexity index is 668. The first-order valence-corrected chi connectivity index (χ1v) is 8.56. The molecule has 0 aromatic rings. The van der Waals surface area contributed by atoms with Crippen LogP contribution in [0.3, 0.4) is 0 Å². The first-order chi connectivity index (χ1) is 13.0. The predicted molar refractivity (Wildman–Crippen MR) is 94.3 cm³/mol. The Morgan fingerprint density at radius 3 is 2.70 bits per heavy atom. The Kier molecular flexibility index (Phi) is 10.8. The van der Waals surface area contributed by atoms with Gasteiger partial charge in [-0.05, 0) is 37.0 Å². The number of hydroxylamine groups is 1. The van der Waals surface area contributed by atoms with Crippen molar-refractivity contribution in [2.45, 2.75) is 45.1 Å². The van der Waals surface area contributed by atoms with Crippen molar-refractivity contribution in [2.24, 2.45) is 0 Å². The van der Waals surface area contributed by atoms with E-state index < -0.39 is 17.9 Å². The van der Waals surface area contributed by atoms with Crippen molar-refractivity contribution in [3.05, 3.63) is 0 Å². The highest BCUT2D eigenvalue weighted by molar-refractivity contribution is 5.83. The van der Waals surface area contributed by atoms with Crippen molar-refractivity contribution in [1.82, 2.24) is 16.1 Å². The van der Waals surface area contributed by atoms with Crippen LogP contribution in [0.15, 0.2) is 0 Å². The first kappa shape index (κ1) is 22.0. The van der Waals surface area contributed by atoms with Gasteiger partial charge < -0.3 is 15.4 Å². The maximum Gasteiger partial charge on any atom is 0.329 e. The molecule has 1 atom stereocenters. The molecular weight excluding hydrogens is 354 g/mol. The fourth-order valence-corrected chi connectivity index (χ4v) is 2.05. The molecule has 9 heteroatoms. The van der Waals surface area contributed by atoms with Gasteiger partial charge in [0.25, 0.3) is 0 Å². The van der Waals surface area contributed by atoms with Crippen molar-refractivity contribution in [3.63, 3.8) is 0 Å². The second-order valence-corrected chi connectivity index (χ2v) is 5.62. The minimum absolute atomic E-state index is 0.101. The van der Waals surface area contributed by atoms with Gasteiger partial charge in [0.15, 0.2) is 13.2 Å². The van der Waals surface area contributed by atoms with Gasteiger partial charge >= 0.3 is 5.97 Å². The molecule has 3 amide bonds. The van der Waals surface area contributed by atoms with Crippen molar-refractivity contribution in [2.75, 3.05) is 19.8 Å². The van der Waals surface area contributed by atoms with Crippen molar-refractivity contribution in [1.29, 1.82) is 0 Å². The van der Waals surface area contributed by atoms with Gasteiger partial charge in [-0.15, -0.1) is 0 Å². The number of nitrogens with one attached hydrogen (secondary N) is 3. The highest BCUT2D eigenvalue weighted by atomic mass is 16.7. The Morgan fingerprint density at radius 1 is 1.15 bits per heavy atom. The molecule has 1 rings (SSSR count). The molecule has 0 bridgehead atoms. The van der Waals surface area contributed by atoms with Gasteiger partial charge in [-0.25, -0.2) is 10.3 Å². The van der Waals surface area contributed by atoms with E-state index in [1.54, 1.807) is 0 Å². The normalized spacial score (nSPS) is 20.3. The molecule has 0 spiro atoms. The van der Waals surface area contributed by atoms with Gasteiger partial charge in [-0.1, -0.05) is 5.92 Å². The van der Waals surface area contributed by atoms with Crippen LogP contribution in [0.25, 0.3) is 0 Å². The molecule has 3 N–H and O–H groups in total. The molecule has 1 heterocycles. The maximum atomic E-state index is 12.0. The zero-order valence-corrected chi connectivity index (χ0v) is 15.2. The fourth-order valence-electron chi connectivity index (χ4n) is 2.05. The quantitative estimate of drug-likeness (QED) is 0.405. The summed E-state index contributed by atoms with van der Waals surface area (Å²) in [6.07, 6.45) is 1.91. The van der Waals surface area contributed by atoms with E-state index in [2.05, 4.69) is 39.8 Å².